The molecule has 0 bridgehead atoms. The second-order valence-corrected chi connectivity index (χ2v) is 6.03. The molecule has 7 heteroatoms. The summed E-state index contributed by atoms with van der Waals surface area (Å²) in [5.41, 5.74) is 1.74. The van der Waals surface area contributed by atoms with Crippen molar-refractivity contribution in [1.29, 1.82) is 0 Å². The number of hydrogen-bond acceptors (Lipinski definition) is 5. The maximum absolute atomic E-state index is 12.9. The van der Waals surface area contributed by atoms with Crippen LogP contribution in [0.4, 0.5) is 5.69 Å². The van der Waals surface area contributed by atoms with Crippen LogP contribution in [0.25, 0.3) is 6.08 Å². The quantitative estimate of drug-likeness (QED) is 0.609. The first-order valence-corrected chi connectivity index (χ1v) is 8.80. The molecule has 0 saturated carbocycles. The zero-order valence-corrected chi connectivity index (χ0v) is 16.1. The summed E-state index contributed by atoms with van der Waals surface area (Å²) in [4.78, 5) is 14.3. The van der Waals surface area contributed by atoms with E-state index in [2.05, 4.69) is 5.32 Å². The van der Waals surface area contributed by atoms with Crippen LogP contribution in [0.3, 0.4) is 0 Å². The highest BCUT2D eigenvalue weighted by Crippen LogP contribution is 2.33. The molecule has 27 heavy (non-hydrogen) atoms. The maximum Gasteiger partial charge on any atom is 0.281 e. The highest BCUT2D eigenvalue weighted by Gasteiger charge is 2.32. The van der Waals surface area contributed by atoms with Gasteiger partial charge in [0.25, 0.3) is 5.91 Å². The summed E-state index contributed by atoms with van der Waals surface area (Å²) in [6.45, 7) is 2.50. The minimum absolute atomic E-state index is 0.242. The van der Waals surface area contributed by atoms with Gasteiger partial charge in [0.2, 0.25) is 0 Å². The van der Waals surface area contributed by atoms with Crippen LogP contribution in [0.2, 0.25) is 0 Å². The molecule has 2 aromatic carbocycles. The summed E-state index contributed by atoms with van der Waals surface area (Å²) < 4.78 is 16.2. The Kier molecular flexibility index (Phi) is 5.61. The molecule has 0 unspecified atom stereocenters. The number of carbonyl (C=O) groups is 1. The lowest BCUT2D eigenvalue weighted by atomic mass is 10.1. The van der Waals surface area contributed by atoms with Crippen LogP contribution >= 0.6 is 12.2 Å². The largest absolute Gasteiger partial charge is 0.494 e. The number of carbonyl (C=O) groups excluding carboxylic acids is 1. The lowest BCUT2D eigenvalue weighted by Crippen LogP contribution is -2.30. The predicted molar refractivity (Wildman–Crippen MR) is 108 cm³/mol. The second-order valence-electron chi connectivity index (χ2n) is 5.64. The number of benzene rings is 2. The van der Waals surface area contributed by atoms with Crippen LogP contribution < -0.4 is 24.4 Å². The van der Waals surface area contributed by atoms with Crippen molar-refractivity contribution in [2.45, 2.75) is 6.92 Å². The first kappa shape index (κ1) is 18.7. The third-order valence-corrected chi connectivity index (χ3v) is 4.30. The van der Waals surface area contributed by atoms with Crippen molar-refractivity contribution in [3.05, 3.63) is 53.7 Å². The van der Waals surface area contributed by atoms with E-state index in [9.17, 15) is 4.79 Å². The van der Waals surface area contributed by atoms with E-state index in [4.69, 9.17) is 26.4 Å². The van der Waals surface area contributed by atoms with E-state index in [0.717, 1.165) is 5.75 Å². The van der Waals surface area contributed by atoms with Gasteiger partial charge in [-0.3, -0.25) is 9.69 Å². The molecular formula is C20H20N2O4S. The van der Waals surface area contributed by atoms with Gasteiger partial charge in [-0.1, -0.05) is 12.1 Å². The van der Waals surface area contributed by atoms with Gasteiger partial charge in [0.1, 0.15) is 11.4 Å². The number of hydrogen-bond donors (Lipinski definition) is 1. The second kappa shape index (κ2) is 8.09. The van der Waals surface area contributed by atoms with E-state index in [-0.39, 0.29) is 5.91 Å². The van der Waals surface area contributed by atoms with Crippen molar-refractivity contribution in [2.24, 2.45) is 0 Å². The van der Waals surface area contributed by atoms with Gasteiger partial charge >= 0.3 is 0 Å². The van der Waals surface area contributed by atoms with Crippen LogP contribution in [0, 0.1) is 0 Å². The molecule has 1 amide bonds. The van der Waals surface area contributed by atoms with E-state index in [1.165, 1.54) is 4.90 Å². The van der Waals surface area contributed by atoms with Crippen molar-refractivity contribution >= 4 is 35.0 Å². The summed E-state index contributed by atoms with van der Waals surface area (Å²) in [5.74, 6) is 1.63. The lowest BCUT2D eigenvalue weighted by Gasteiger charge is -2.14. The fourth-order valence-corrected chi connectivity index (χ4v) is 3.11. The van der Waals surface area contributed by atoms with E-state index in [1.54, 1.807) is 38.5 Å². The van der Waals surface area contributed by atoms with Crippen LogP contribution in [-0.4, -0.2) is 31.8 Å². The molecule has 1 N–H and O–H groups in total. The zero-order valence-electron chi connectivity index (χ0n) is 15.3. The maximum atomic E-state index is 12.9. The van der Waals surface area contributed by atoms with Gasteiger partial charge in [-0.25, -0.2) is 0 Å². The molecule has 1 saturated heterocycles. The van der Waals surface area contributed by atoms with Crippen LogP contribution in [0.5, 0.6) is 17.2 Å². The molecule has 1 fully saturated rings. The zero-order chi connectivity index (χ0) is 19.4. The number of para-hydroxylation sites is 1. The Balaban J connectivity index is 1.91. The summed E-state index contributed by atoms with van der Waals surface area (Å²) in [7, 11) is 3.12. The number of rotatable bonds is 6. The fourth-order valence-electron chi connectivity index (χ4n) is 2.81. The molecule has 0 aromatic heterocycles. The average molecular weight is 384 g/mol. The predicted octanol–water partition coefficient (Wildman–Crippen LogP) is 3.36. The smallest absolute Gasteiger partial charge is 0.281 e. The van der Waals surface area contributed by atoms with Crippen molar-refractivity contribution in [3.8, 4) is 17.2 Å². The molecule has 3 rings (SSSR count). The number of amides is 1. The first-order valence-electron chi connectivity index (χ1n) is 8.40. The normalized spacial score (nSPS) is 15.1. The Bertz CT molecular complexity index is 893. The lowest BCUT2D eigenvalue weighted by molar-refractivity contribution is -0.113. The van der Waals surface area contributed by atoms with Crippen molar-refractivity contribution < 1.29 is 19.0 Å². The Morgan fingerprint density at radius 3 is 2.48 bits per heavy atom. The minimum Gasteiger partial charge on any atom is -0.494 e. The average Bonchev–Trinajstić information content (AvgIpc) is 2.96. The van der Waals surface area contributed by atoms with Gasteiger partial charge in [-0.05, 0) is 55.5 Å². The van der Waals surface area contributed by atoms with Crippen molar-refractivity contribution in [3.63, 3.8) is 0 Å². The van der Waals surface area contributed by atoms with Crippen molar-refractivity contribution in [2.75, 3.05) is 25.7 Å². The molecule has 140 valence electrons. The van der Waals surface area contributed by atoms with Crippen molar-refractivity contribution in [1.82, 2.24) is 5.32 Å². The van der Waals surface area contributed by atoms with Gasteiger partial charge in [0, 0.05) is 5.56 Å². The SMILES string of the molecule is CCOc1ccc(N2C(=O)/C(=C\c3cccc(OC)c3OC)NC2=S)cc1. The summed E-state index contributed by atoms with van der Waals surface area (Å²) in [6, 6.07) is 12.7. The summed E-state index contributed by atoms with van der Waals surface area (Å²) in [5, 5.41) is 3.29. The third-order valence-electron chi connectivity index (χ3n) is 4.02. The molecule has 0 spiro atoms. The monoisotopic (exact) mass is 384 g/mol. The van der Waals surface area contributed by atoms with Gasteiger partial charge in [0.05, 0.1) is 26.5 Å². The Morgan fingerprint density at radius 2 is 1.85 bits per heavy atom. The molecule has 1 aliphatic heterocycles. The third kappa shape index (κ3) is 3.73. The van der Waals surface area contributed by atoms with E-state index in [0.29, 0.717) is 40.2 Å². The van der Waals surface area contributed by atoms with Gasteiger partial charge < -0.3 is 19.5 Å². The van der Waals surface area contributed by atoms with Gasteiger partial charge in [-0.2, -0.15) is 0 Å². The molecule has 2 aromatic rings. The standard InChI is InChI=1S/C20H20N2O4S/c1-4-26-15-10-8-14(9-11-15)22-19(23)16(21-20(22)27)12-13-6-5-7-17(24-2)18(13)25-3/h5-12H,4H2,1-3H3,(H,21,27)/b16-12+. The Morgan fingerprint density at radius 1 is 1.11 bits per heavy atom. The Labute approximate surface area is 163 Å². The topological polar surface area (TPSA) is 60.0 Å². The first-order chi connectivity index (χ1) is 13.1. The number of methoxy groups -OCH3 is 2. The molecule has 0 aliphatic carbocycles. The number of thiocarbonyl (C=S) groups is 1. The Hall–Kier alpha value is -3.06. The van der Waals surface area contributed by atoms with E-state index < -0.39 is 0 Å². The number of ether oxygens (including phenoxy) is 3. The van der Waals surface area contributed by atoms with E-state index >= 15 is 0 Å². The highest BCUT2D eigenvalue weighted by atomic mass is 32.1. The van der Waals surface area contributed by atoms with Gasteiger partial charge in [0.15, 0.2) is 16.6 Å². The molecule has 1 aliphatic rings. The van der Waals surface area contributed by atoms with Crippen LogP contribution in [0.15, 0.2) is 48.2 Å². The number of anilines is 1. The minimum atomic E-state index is -0.242. The van der Waals surface area contributed by atoms with Crippen LogP contribution in [0.1, 0.15) is 12.5 Å². The molecule has 6 nitrogen and oxygen atoms in total. The number of nitrogens with zero attached hydrogens (tertiary/aromatic N) is 1. The van der Waals surface area contributed by atoms with E-state index in [1.807, 2.05) is 31.2 Å². The highest BCUT2D eigenvalue weighted by molar-refractivity contribution is 7.80. The molecular weight excluding hydrogens is 364 g/mol. The fraction of sp³-hybridized carbons (Fsp3) is 0.200. The molecule has 1 heterocycles. The van der Waals surface area contributed by atoms with Crippen LogP contribution in [-0.2, 0) is 4.79 Å². The summed E-state index contributed by atoms with van der Waals surface area (Å²) >= 11 is 5.35. The molecule has 0 radical (unpaired) electrons. The molecule has 0 atom stereocenters. The van der Waals surface area contributed by atoms with Gasteiger partial charge in [-0.15, -0.1) is 0 Å². The number of nitrogens with one attached hydrogen (secondary N) is 1. The summed E-state index contributed by atoms with van der Waals surface area (Å²) in [6.07, 6.45) is 1.70.